The number of benzene rings is 1. The van der Waals surface area contributed by atoms with Crippen molar-refractivity contribution in [2.45, 2.75) is 31.6 Å². The van der Waals surface area contributed by atoms with Crippen LogP contribution in [0.1, 0.15) is 43.2 Å². The van der Waals surface area contributed by atoms with Crippen molar-refractivity contribution in [3.05, 3.63) is 117 Å². The third-order valence-electron chi connectivity index (χ3n) is 6.60. The Morgan fingerprint density at radius 1 is 1.00 bits per heavy atom. The molecule has 0 radical (unpaired) electrons. The van der Waals surface area contributed by atoms with Crippen LogP contribution in [0.15, 0.2) is 73.2 Å². The van der Waals surface area contributed by atoms with Crippen molar-refractivity contribution in [3.8, 4) is 0 Å². The Morgan fingerprint density at radius 2 is 1.81 bits per heavy atom. The van der Waals surface area contributed by atoms with Crippen LogP contribution in [0.3, 0.4) is 0 Å². The average Bonchev–Trinajstić information content (AvgIpc) is 3.03. The number of alkyl halides is 3. The number of carbonyl (C=O) groups is 3. The van der Waals surface area contributed by atoms with E-state index in [0.29, 0.717) is 28.0 Å². The van der Waals surface area contributed by atoms with E-state index in [0.717, 1.165) is 12.1 Å². The average molecular weight is 614 g/mol. The van der Waals surface area contributed by atoms with Gasteiger partial charge in [0.15, 0.2) is 5.78 Å². The Labute approximate surface area is 247 Å². The lowest BCUT2D eigenvalue weighted by molar-refractivity contribution is -0.137. The number of pyridine rings is 3. The molecule has 2 amide bonds. The van der Waals surface area contributed by atoms with Crippen LogP contribution < -0.4 is 5.32 Å². The highest BCUT2D eigenvalue weighted by Crippen LogP contribution is 2.30. The number of rotatable bonds is 6. The van der Waals surface area contributed by atoms with E-state index in [1.165, 1.54) is 23.2 Å². The molecule has 13 heteroatoms. The van der Waals surface area contributed by atoms with Crippen molar-refractivity contribution in [2.75, 3.05) is 5.32 Å². The van der Waals surface area contributed by atoms with E-state index in [9.17, 15) is 27.6 Å². The second-order valence-corrected chi connectivity index (χ2v) is 10.3. The van der Waals surface area contributed by atoms with Crippen molar-refractivity contribution in [3.63, 3.8) is 0 Å². The minimum atomic E-state index is -4.56. The van der Waals surface area contributed by atoms with E-state index in [-0.39, 0.29) is 47.3 Å². The summed E-state index contributed by atoms with van der Waals surface area (Å²) < 4.78 is 38.4. The maximum Gasteiger partial charge on any atom is 0.417 e. The van der Waals surface area contributed by atoms with E-state index < -0.39 is 29.6 Å². The lowest BCUT2D eigenvalue weighted by Crippen LogP contribution is -2.45. The Morgan fingerprint density at radius 3 is 2.48 bits per heavy atom. The smallest absolute Gasteiger partial charge is 0.323 e. The second-order valence-electron chi connectivity index (χ2n) is 9.48. The molecule has 0 aliphatic carbocycles. The number of nitrogens with one attached hydrogen (secondary N) is 1. The van der Waals surface area contributed by atoms with Gasteiger partial charge in [0.1, 0.15) is 11.5 Å². The third kappa shape index (κ3) is 6.42. The van der Waals surface area contributed by atoms with Gasteiger partial charge in [-0.1, -0.05) is 35.3 Å². The summed E-state index contributed by atoms with van der Waals surface area (Å²) in [6.45, 7) is -0.0338. The van der Waals surface area contributed by atoms with E-state index >= 15 is 0 Å². The van der Waals surface area contributed by atoms with Gasteiger partial charge in [0.05, 0.1) is 27.2 Å². The monoisotopic (exact) mass is 613 g/mol. The maximum absolute atomic E-state index is 13.7. The van der Waals surface area contributed by atoms with Gasteiger partial charge in [0.25, 0.3) is 11.8 Å². The number of Topliss-reactive ketones (excluding diaryl/α,β-unsaturated/α-hetero) is 1. The number of halogens is 5. The molecule has 1 N–H and O–H groups in total. The summed E-state index contributed by atoms with van der Waals surface area (Å²) in [5.74, 6) is -1.48. The number of hydrogen-bond acceptors (Lipinski definition) is 6. The summed E-state index contributed by atoms with van der Waals surface area (Å²) in [5, 5.41) is 2.74. The van der Waals surface area contributed by atoms with Gasteiger partial charge in [0.2, 0.25) is 0 Å². The van der Waals surface area contributed by atoms with Crippen molar-refractivity contribution in [1.29, 1.82) is 0 Å². The number of fused-ring (bicyclic) bond motifs is 1. The zero-order valence-corrected chi connectivity index (χ0v) is 23.0. The van der Waals surface area contributed by atoms with Crippen molar-refractivity contribution in [2.24, 2.45) is 0 Å². The summed E-state index contributed by atoms with van der Waals surface area (Å²) in [6, 6.07) is 12.3. The van der Waals surface area contributed by atoms with Crippen LogP contribution in [0, 0.1) is 0 Å². The number of amides is 2. The molecule has 1 unspecified atom stereocenters. The SMILES string of the molecule is O=C(Nc1ccc(C(F)(F)F)cn1)c1ccc(CN2C(=O)c3ncc(Cl)cc3CC(=O)C2Cc2ccccn2)cc1Cl. The molecule has 4 heterocycles. The predicted octanol–water partition coefficient (Wildman–Crippen LogP) is 5.83. The standard InChI is InChI=1S/C29H20Cl2F3N5O3/c30-19-10-17-11-24(40)23(12-20-3-1-2-8-35-20)39(28(42)26(17)37-14-19)15-16-4-6-21(22(31)9-16)27(41)38-25-7-5-18(13-36-25)29(32,33)34/h1-10,13-14,23H,11-12,15H2,(H,36,38,41). The van der Waals surface area contributed by atoms with Crippen LogP contribution in [-0.2, 0) is 30.4 Å². The van der Waals surface area contributed by atoms with E-state index in [4.69, 9.17) is 23.2 Å². The van der Waals surface area contributed by atoms with Gasteiger partial charge in [-0.15, -0.1) is 0 Å². The zero-order chi connectivity index (χ0) is 30.0. The summed E-state index contributed by atoms with van der Waals surface area (Å²) in [4.78, 5) is 53.5. The quantitative estimate of drug-likeness (QED) is 0.293. The molecule has 42 heavy (non-hydrogen) atoms. The van der Waals surface area contributed by atoms with Gasteiger partial charge in [-0.3, -0.25) is 19.4 Å². The molecule has 1 atom stereocenters. The highest BCUT2D eigenvalue weighted by atomic mass is 35.5. The van der Waals surface area contributed by atoms with Gasteiger partial charge < -0.3 is 10.2 Å². The molecule has 5 rings (SSSR count). The summed E-state index contributed by atoms with van der Waals surface area (Å²) in [5.41, 5.74) is 0.760. The fourth-order valence-electron chi connectivity index (χ4n) is 4.55. The molecule has 0 fully saturated rings. The highest BCUT2D eigenvalue weighted by molar-refractivity contribution is 6.34. The van der Waals surface area contributed by atoms with Gasteiger partial charge in [-0.05, 0) is 53.6 Å². The first kappa shape index (κ1) is 29.2. The second kappa shape index (κ2) is 11.9. The van der Waals surface area contributed by atoms with Gasteiger partial charge >= 0.3 is 6.18 Å². The topological polar surface area (TPSA) is 105 Å². The van der Waals surface area contributed by atoms with Gasteiger partial charge in [-0.2, -0.15) is 13.2 Å². The Hall–Kier alpha value is -4.35. The minimum Gasteiger partial charge on any atom is -0.323 e. The van der Waals surface area contributed by atoms with Crippen LogP contribution in [0.2, 0.25) is 10.0 Å². The van der Waals surface area contributed by atoms with Gasteiger partial charge in [0, 0.05) is 43.7 Å². The van der Waals surface area contributed by atoms with Crippen LogP contribution >= 0.6 is 23.2 Å². The van der Waals surface area contributed by atoms with Crippen molar-refractivity contribution >= 4 is 46.6 Å². The van der Waals surface area contributed by atoms with Crippen LogP contribution in [0.5, 0.6) is 0 Å². The fraction of sp³-hybridized carbons (Fsp3) is 0.172. The lowest BCUT2D eigenvalue weighted by Gasteiger charge is -2.29. The Kier molecular flexibility index (Phi) is 8.24. The van der Waals surface area contributed by atoms with E-state index in [1.807, 2.05) is 0 Å². The largest absolute Gasteiger partial charge is 0.417 e. The Bertz CT molecular complexity index is 1670. The van der Waals surface area contributed by atoms with Crippen LogP contribution in [0.4, 0.5) is 19.0 Å². The molecule has 0 bridgehead atoms. The summed E-state index contributed by atoms with van der Waals surface area (Å²) in [7, 11) is 0. The third-order valence-corrected chi connectivity index (χ3v) is 7.12. The number of nitrogens with zero attached hydrogens (tertiary/aromatic N) is 4. The molecular formula is C29H20Cl2F3N5O3. The molecule has 3 aromatic heterocycles. The number of carbonyl (C=O) groups excluding carboxylic acids is 3. The number of anilines is 1. The molecule has 0 saturated heterocycles. The normalized spacial score (nSPS) is 15.3. The lowest BCUT2D eigenvalue weighted by atomic mass is 10.00. The summed E-state index contributed by atoms with van der Waals surface area (Å²) in [6.07, 6.45) is -0.877. The van der Waals surface area contributed by atoms with E-state index in [1.54, 1.807) is 36.5 Å². The molecule has 214 valence electrons. The predicted molar refractivity (Wildman–Crippen MR) is 148 cm³/mol. The molecule has 0 saturated carbocycles. The first-order valence-electron chi connectivity index (χ1n) is 12.5. The fourth-order valence-corrected chi connectivity index (χ4v) is 5.01. The molecule has 1 aliphatic heterocycles. The first-order valence-corrected chi connectivity index (χ1v) is 13.3. The zero-order valence-electron chi connectivity index (χ0n) is 21.5. The minimum absolute atomic E-state index is 0.0251. The molecular weight excluding hydrogens is 594 g/mol. The first-order chi connectivity index (χ1) is 20.0. The Balaban J connectivity index is 1.40. The van der Waals surface area contributed by atoms with Crippen LogP contribution in [-0.4, -0.2) is 43.5 Å². The maximum atomic E-state index is 13.7. The molecule has 1 aromatic carbocycles. The molecule has 4 aromatic rings. The molecule has 1 aliphatic rings. The van der Waals surface area contributed by atoms with E-state index in [2.05, 4.69) is 20.3 Å². The summed E-state index contributed by atoms with van der Waals surface area (Å²) >= 11 is 12.5. The number of ketones is 1. The number of hydrogen-bond donors (Lipinski definition) is 1. The van der Waals surface area contributed by atoms with Gasteiger partial charge in [-0.25, -0.2) is 9.97 Å². The highest BCUT2D eigenvalue weighted by Gasteiger charge is 2.37. The number of aromatic nitrogens is 3. The van der Waals surface area contributed by atoms with Crippen molar-refractivity contribution < 1.29 is 27.6 Å². The molecule has 0 spiro atoms. The van der Waals surface area contributed by atoms with Crippen LogP contribution in [0.25, 0.3) is 0 Å². The van der Waals surface area contributed by atoms with Crippen molar-refractivity contribution in [1.82, 2.24) is 19.9 Å². The molecule has 8 nitrogen and oxygen atoms in total.